The van der Waals surface area contributed by atoms with Crippen LogP contribution in [0.4, 0.5) is 0 Å². The van der Waals surface area contributed by atoms with E-state index < -0.39 is 5.97 Å². The van der Waals surface area contributed by atoms with Gasteiger partial charge in [-0.3, -0.25) is 0 Å². The summed E-state index contributed by atoms with van der Waals surface area (Å²) in [5, 5.41) is 9.55. The van der Waals surface area contributed by atoms with Crippen molar-refractivity contribution < 1.29 is 14.6 Å². The van der Waals surface area contributed by atoms with E-state index in [0.717, 1.165) is 5.56 Å². The van der Waals surface area contributed by atoms with Crippen molar-refractivity contribution in [3.05, 3.63) is 32.3 Å². The second-order valence-electron chi connectivity index (χ2n) is 3.38. The Labute approximate surface area is 114 Å². The third-order valence-corrected chi connectivity index (χ3v) is 3.28. The molecule has 0 saturated carbocycles. The molecule has 1 aromatic rings. The molecular weight excluding hydrogens is 354 g/mol. The quantitative estimate of drug-likeness (QED) is 0.617. The largest absolute Gasteiger partial charge is 0.506 e. The monoisotopic (exact) mass is 359 g/mol. The maximum atomic E-state index is 11.3. The molecule has 6 heteroatoms. The van der Waals surface area contributed by atoms with Crippen molar-refractivity contribution in [1.82, 2.24) is 0 Å². The van der Waals surface area contributed by atoms with E-state index in [0.29, 0.717) is 14.8 Å². The van der Waals surface area contributed by atoms with E-state index in [1.807, 2.05) is 0 Å². The first kappa shape index (κ1) is 12.3. The molecule has 0 atom stereocenters. The SMILES string of the molecule is CC1=N/C(=C/c2cc(Br)c(O)c(Br)c2)C(=O)O1. The molecule has 0 unspecified atom stereocenters. The fraction of sp³-hybridized carbons (Fsp3) is 0.0909. The average molecular weight is 361 g/mol. The number of nitrogens with zero attached hydrogens (tertiary/aromatic N) is 1. The third-order valence-electron chi connectivity index (χ3n) is 2.07. The maximum Gasteiger partial charge on any atom is 0.363 e. The molecular formula is C11H7Br2NO3. The van der Waals surface area contributed by atoms with Crippen LogP contribution in [-0.2, 0) is 9.53 Å². The Kier molecular flexibility index (Phi) is 3.35. The van der Waals surface area contributed by atoms with E-state index >= 15 is 0 Å². The highest BCUT2D eigenvalue weighted by Gasteiger charge is 2.19. The van der Waals surface area contributed by atoms with Crippen LogP contribution in [0, 0.1) is 0 Å². The van der Waals surface area contributed by atoms with Gasteiger partial charge < -0.3 is 9.84 Å². The molecule has 2 rings (SSSR count). The first-order valence-corrected chi connectivity index (χ1v) is 6.23. The minimum atomic E-state index is -0.470. The number of carbonyl (C=O) groups is 1. The van der Waals surface area contributed by atoms with Gasteiger partial charge in [-0.05, 0) is 55.6 Å². The van der Waals surface area contributed by atoms with Gasteiger partial charge in [0.1, 0.15) is 5.75 Å². The normalized spacial score (nSPS) is 17.2. The summed E-state index contributed by atoms with van der Waals surface area (Å²) in [6.07, 6.45) is 1.59. The number of carbonyl (C=O) groups excluding carboxylic acids is 1. The molecule has 4 nitrogen and oxygen atoms in total. The number of phenolic OH excluding ortho intramolecular Hbond substituents is 1. The van der Waals surface area contributed by atoms with Crippen LogP contribution in [0.2, 0.25) is 0 Å². The summed E-state index contributed by atoms with van der Waals surface area (Å²) in [7, 11) is 0. The van der Waals surface area contributed by atoms with Crippen LogP contribution in [0.25, 0.3) is 6.08 Å². The van der Waals surface area contributed by atoms with Gasteiger partial charge in [-0.2, -0.15) is 0 Å². The van der Waals surface area contributed by atoms with Gasteiger partial charge in [0.2, 0.25) is 0 Å². The Hall–Kier alpha value is -1.14. The van der Waals surface area contributed by atoms with Crippen molar-refractivity contribution in [2.45, 2.75) is 6.92 Å². The second kappa shape index (κ2) is 4.62. The number of aromatic hydroxyl groups is 1. The third kappa shape index (κ3) is 2.58. The fourth-order valence-corrected chi connectivity index (χ4v) is 2.56. The molecule has 0 radical (unpaired) electrons. The second-order valence-corrected chi connectivity index (χ2v) is 5.09. The summed E-state index contributed by atoms with van der Waals surface area (Å²) in [5.41, 5.74) is 0.971. The lowest BCUT2D eigenvalue weighted by atomic mass is 10.2. The highest BCUT2D eigenvalue weighted by Crippen LogP contribution is 2.34. The average Bonchev–Trinajstić information content (AvgIpc) is 2.54. The summed E-state index contributed by atoms with van der Waals surface area (Å²) >= 11 is 6.42. The van der Waals surface area contributed by atoms with Gasteiger partial charge in [0, 0.05) is 6.92 Å². The standard InChI is InChI=1S/C11H7Br2NO3/c1-5-14-9(11(16)17-5)4-6-2-7(12)10(15)8(13)3-6/h2-4,15H,1H3/b9-4+. The number of rotatable bonds is 1. The molecule has 1 aliphatic rings. The van der Waals surface area contributed by atoms with Crippen LogP contribution in [-0.4, -0.2) is 17.0 Å². The number of hydrogen-bond acceptors (Lipinski definition) is 4. The van der Waals surface area contributed by atoms with E-state index in [-0.39, 0.29) is 11.4 Å². The van der Waals surface area contributed by atoms with Gasteiger partial charge in [-0.1, -0.05) is 0 Å². The van der Waals surface area contributed by atoms with Crippen molar-refractivity contribution in [3.8, 4) is 5.75 Å². The Morgan fingerprint density at radius 3 is 2.41 bits per heavy atom. The van der Waals surface area contributed by atoms with E-state index in [9.17, 15) is 9.90 Å². The molecule has 1 heterocycles. The zero-order valence-corrected chi connectivity index (χ0v) is 11.9. The van der Waals surface area contributed by atoms with E-state index in [1.54, 1.807) is 25.1 Å². The minimum absolute atomic E-state index is 0.112. The number of phenols is 1. The minimum Gasteiger partial charge on any atom is -0.506 e. The van der Waals surface area contributed by atoms with Crippen LogP contribution < -0.4 is 0 Å². The lowest BCUT2D eigenvalue weighted by molar-refractivity contribution is -0.130. The molecule has 0 aromatic heterocycles. The molecule has 0 fully saturated rings. The Bertz CT molecular complexity index is 541. The Morgan fingerprint density at radius 1 is 1.35 bits per heavy atom. The highest BCUT2D eigenvalue weighted by atomic mass is 79.9. The Balaban J connectivity index is 2.43. The maximum absolute atomic E-state index is 11.3. The van der Waals surface area contributed by atoms with E-state index in [1.165, 1.54) is 0 Å². The smallest absolute Gasteiger partial charge is 0.363 e. The first-order chi connectivity index (χ1) is 7.97. The molecule has 0 saturated heterocycles. The summed E-state index contributed by atoms with van der Waals surface area (Å²) in [6, 6.07) is 3.37. The van der Waals surface area contributed by atoms with Crippen LogP contribution in [0.5, 0.6) is 5.75 Å². The number of esters is 1. The fourth-order valence-electron chi connectivity index (χ4n) is 1.34. The molecule has 17 heavy (non-hydrogen) atoms. The number of halogens is 2. The van der Waals surface area contributed by atoms with Crippen LogP contribution in [0.15, 0.2) is 31.8 Å². The van der Waals surface area contributed by atoms with Gasteiger partial charge in [0.05, 0.1) is 8.95 Å². The van der Waals surface area contributed by atoms with Crippen molar-refractivity contribution in [1.29, 1.82) is 0 Å². The molecule has 1 aliphatic heterocycles. The van der Waals surface area contributed by atoms with Crippen molar-refractivity contribution in [2.75, 3.05) is 0 Å². The van der Waals surface area contributed by atoms with Gasteiger partial charge >= 0.3 is 5.97 Å². The predicted molar refractivity (Wildman–Crippen MR) is 70.7 cm³/mol. The van der Waals surface area contributed by atoms with Crippen LogP contribution in [0.3, 0.4) is 0 Å². The van der Waals surface area contributed by atoms with Gasteiger partial charge in [0.25, 0.3) is 0 Å². The van der Waals surface area contributed by atoms with E-state index in [4.69, 9.17) is 4.74 Å². The predicted octanol–water partition coefficient (Wildman–Crippen LogP) is 3.23. The number of benzene rings is 1. The van der Waals surface area contributed by atoms with Crippen molar-refractivity contribution in [2.24, 2.45) is 4.99 Å². The number of ether oxygens (including phenoxy) is 1. The first-order valence-electron chi connectivity index (χ1n) is 4.64. The van der Waals surface area contributed by atoms with Gasteiger partial charge in [0.15, 0.2) is 11.6 Å². The van der Waals surface area contributed by atoms with Gasteiger partial charge in [-0.25, -0.2) is 9.79 Å². The topological polar surface area (TPSA) is 58.9 Å². The number of cyclic esters (lactones) is 1. The molecule has 88 valence electrons. The summed E-state index contributed by atoms with van der Waals surface area (Å²) < 4.78 is 5.87. The Morgan fingerprint density at radius 2 is 1.94 bits per heavy atom. The highest BCUT2D eigenvalue weighted by molar-refractivity contribution is 9.11. The molecule has 0 aliphatic carbocycles. The van der Waals surface area contributed by atoms with Crippen LogP contribution in [0.1, 0.15) is 12.5 Å². The van der Waals surface area contributed by atoms with E-state index in [2.05, 4.69) is 36.9 Å². The lowest BCUT2D eigenvalue weighted by Gasteiger charge is -2.02. The molecule has 1 aromatic carbocycles. The summed E-state index contributed by atoms with van der Waals surface area (Å²) in [5.74, 6) is -0.0261. The number of aliphatic imine (C=N–C) groups is 1. The summed E-state index contributed by atoms with van der Waals surface area (Å²) in [6.45, 7) is 1.61. The summed E-state index contributed by atoms with van der Waals surface area (Å²) in [4.78, 5) is 15.3. The molecule has 0 amide bonds. The lowest BCUT2D eigenvalue weighted by Crippen LogP contribution is -1.99. The van der Waals surface area contributed by atoms with Crippen molar-refractivity contribution in [3.63, 3.8) is 0 Å². The van der Waals surface area contributed by atoms with Crippen molar-refractivity contribution >= 4 is 49.8 Å². The van der Waals surface area contributed by atoms with Crippen LogP contribution >= 0.6 is 31.9 Å². The number of hydrogen-bond donors (Lipinski definition) is 1. The zero-order chi connectivity index (χ0) is 12.6. The molecule has 0 spiro atoms. The van der Waals surface area contributed by atoms with Gasteiger partial charge in [-0.15, -0.1) is 0 Å². The molecule has 0 bridgehead atoms. The molecule has 1 N–H and O–H groups in total. The zero-order valence-electron chi connectivity index (χ0n) is 8.70.